The monoisotopic (exact) mass is 342 g/mol. The fourth-order valence-corrected chi connectivity index (χ4v) is 4.11. The van der Waals surface area contributed by atoms with Gasteiger partial charge in [0.15, 0.2) is 5.69 Å². The van der Waals surface area contributed by atoms with Crippen LogP contribution in [0.5, 0.6) is 0 Å². The van der Waals surface area contributed by atoms with Gasteiger partial charge in [0.25, 0.3) is 16.1 Å². The van der Waals surface area contributed by atoms with Gasteiger partial charge in [0, 0.05) is 37.7 Å². The molecule has 1 aliphatic heterocycles. The standard InChI is InChI=1S/C14H22N4O4S/c1-9-7-11(5-6-18(9)23(20,21)15-2)16-14(19)12-8-13(22-17-12)10-3-4-10/h8-11,15H,3-7H2,1-2H3,(H,16,19)/t9-,11-/m0/s1. The van der Waals surface area contributed by atoms with Gasteiger partial charge in [0.1, 0.15) is 5.76 Å². The van der Waals surface area contributed by atoms with Gasteiger partial charge in [-0.1, -0.05) is 5.16 Å². The highest BCUT2D eigenvalue weighted by Crippen LogP contribution is 2.40. The Morgan fingerprint density at radius 3 is 2.74 bits per heavy atom. The van der Waals surface area contributed by atoms with Crippen LogP contribution >= 0.6 is 0 Å². The topological polar surface area (TPSA) is 105 Å². The summed E-state index contributed by atoms with van der Waals surface area (Å²) in [6.07, 6.45) is 3.32. The number of aromatic nitrogens is 1. The van der Waals surface area contributed by atoms with E-state index in [4.69, 9.17) is 4.52 Å². The van der Waals surface area contributed by atoms with Crippen molar-refractivity contribution < 1.29 is 17.7 Å². The molecule has 2 heterocycles. The Labute approximate surface area is 135 Å². The Balaban J connectivity index is 1.57. The normalized spacial score (nSPS) is 26.2. The van der Waals surface area contributed by atoms with E-state index in [2.05, 4.69) is 15.2 Å². The number of carbonyl (C=O) groups excluding carboxylic acids is 1. The second-order valence-corrected chi connectivity index (χ2v) is 8.08. The molecule has 0 bridgehead atoms. The minimum atomic E-state index is -3.43. The molecule has 1 aliphatic carbocycles. The van der Waals surface area contributed by atoms with E-state index in [-0.39, 0.29) is 18.0 Å². The average Bonchev–Trinajstić information content (AvgIpc) is 3.24. The summed E-state index contributed by atoms with van der Waals surface area (Å²) in [5, 5.41) is 6.75. The molecule has 2 aliphatic rings. The molecule has 2 N–H and O–H groups in total. The molecule has 23 heavy (non-hydrogen) atoms. The lowest BCUT2D eigenvalue weighted by molar-refractivity contribution is 0.0905. The molecule has 8 nitrogen and oxygen atoms in total. The lowest BCUT2D eigenvalue weighted by Crippen LogP contribution is -2.53. The van der Waals surface area contributed by atoms with Crippen LogP contribution in [-0.4, -0.2) is 49.5 Å². The van der Waals surface area contributed by atoms with Crippen molar-refractivity contribution in [1.82, 2.24) is 19.5 Å². The molecule has 1 saturated heterocycles. The summed E-state index contributed by atoms with van der Waals surface area (Å²) in [6, 6.07) is 1.46. The first-order valence-corrected chi connectivity index (χ1v) is 9.32. The van der Waals surface area contributed by atoms with Crippen LogP contribution in [0.4, 0.5) is 0 Å². The van der Waals surface area contributed by atoms with Crippen molar-refractivity contribution >= 4 is 16.1 Å². The van der Waals surface area contributed by atoms with Crippen molar-refractivity contribution in [3.63, 3.8) is 0 Å². The number of hydrogen-bond donors (Lipinski definition) is 2. The highest BCUT2D eigenvalue weighted by atomic mass is 32.2. The molecule has 2 atom stereocenters. The van der Waals surface area contributed by atoms with Gasteiger partial charge in [-0.15, -0.1) is 0 Å². The summed E-state index contributed by atoms with van der Waals surface area (Å²) in [6.45, 7) is 2.22. The van der Waals surface area contributed by atoms with Gasteiger partial charge in [0.2, 0.25) is 0 Å². The van der Waals surface area contributed by atoms with Gasteiger partial charge in [-0.2, -0.15) is 12.7 Å². The number of nitrogens with one attached hydrogen (secondary N) is 2. The molecule has 0 unspecified atom stereocenters. The molecule has 0 radical (unpaired) electrons. The molecule has 0 spiro atoms. The van der Waals surface area contributed by atoms with E-state index in [0.717, 1.165) is 18.6 Å². The van der Waals surface area contributed by atoms with Crippen molar-refractivity contribution in [1.29, 1.82) is 0 Å². The van der Waals surface area contributed by atoms with Gasteiger partial charge >= 0.3 is 0 Å². The van der Waals surface area contributed by atoms with E-state index in [1.165, 1.54) is 11.4 Å². The lowest BCUT2D eigenvalue weighted by Gasteiger charge is -2.36. The molecule has 9 heteroatoms. The van der Waals surface area contributed by atoms with Gasteiger partial charge in [-0.05, 0) is 32.6 Å². The summed E-state index contributed by atoms with van der Waals surface area (Å²) in [5.74, 6) is 0.931. The van der Waals surface area contributed by atoms with E-state index in [9.17, 15) is 13.2 Å². The molecule has 3 rings (SSSR count). The maximum atomic E-state index is 12.2. The Kier molecular flexibility index (Phi) is 4.43. The van der Waals surface area contributed by atoms with Crippen LogP contribution < -0.4 is 10.0 Å². The van der Waals surface area contributed by atoms with Gasteiger partial charge in [0.05, 0.1) is 0 Å². The number of nitrogens with zero attached hydrogens (tertiary/aromatic N) is 2. The first kappa shape index (κ1) is 16.4. The SMILES string of the molecule is CNS(=O)(=O)N1CC[C@H](NC(=O)c2cc(C3CC3)on2)C[C@@H]1C. The number of hydrogen-bond acceptors (Lipinski definition) is 5. The van der Waals surface area contributed by atoms with Crippen LogP contribution in [0.1, 0.15) is 54.8 Å². The summed E-state index contributed by atoms with van der Waals surface area (Å²) in [5.41, 5.74) is 0.296. The number of rotatable bonds is 5. The van der Waals surface area contributed by atoms with Gasteiger partial charge < -0.3 is 9.84 Å². The Hall–Kier alpha value is -1.45. The number of piperidine rings is 1. The third-order valence-electron chi connectivity index (χ3n) is 4.46. The Bertz CT molecular complexity index is 683. The molecular weight excluding hydrogens is 320 g/mol. The van der Waals surface area contributed by atoms with Gasteiger partial charge in [-0.3, -0.25) is 4.79 Å². The molecule has 1 saturated carbocycles. The third kappa shape index (κ3) is 3.56. The van der Waals surface area contributed by atoms with Crippen molar-refractivity contribution in [3.8, 4) is 0 Å². The first-order chi connectivity index (χ1) is 10.9. The second-order valence-electron chi connectivity index (χ2n) is 6.25. The smallest absolute Gasteiger partial charge is 0.279 e. The van der Waals surface area contributed by atoms with Crippen LogP contribution in [0.3, 0.4) is 0 Å². The quantitative estimate of drug-likeness (QED) is 0.815. The number of amides is 1. The maximum Gasteiger partial charge on any atom is 0.279 e. The third-order valence-corrected chi connectivity index (χ3v) is 6.13. The molecule has 2 fully saturated rings. The molecule has 128 valence electrons. The van der Waals surface area contributed by atoms with Crippen molar-refractivity contribution in [2.75, 3.05) is 13.6 Å². The molecule has 0 aromatic carbocycles. The van der Waals surface area contributed by atoms with Crippen LogP contribution in [-0.2, 0) is 10.2 Å². The summed E-state index contributed by atoms with van der Waals surface area (Å²) in [7, 11) is -2.03. The zero-order valence-electron chi connectivity index (χ0n) is 13.3. The predicted octanol–water partition coefficient (Wildman–Crippen LogP) is 0.599. The Morgan fingerprint density at radius 2 is 2.13 bits per heavy atom. The van der Waals surface area contributed by atoms with Crippen LogP contribution in [0.25, 0.3) is 0 Å². The summed E-state index contributed by atoms with van der Waals surface area (Å²) < 4.78 is 32.7. The van der Waals surface area contributed by atoms with Crippen LogP contribution in [0, 0.1) is 0 Å². The van der Waals surface area contributed by atoms with E-state index in [1.807, 2.05) is 6.92 Å². The zero-order valence-corrected chi connectivity index (χ0v) is 14.1. The maximum absolute atomic E-state index is 12.2. The predicted molar refractivity (Wildman–Crippen MR) is 83.1 cm³/mol. The lowest BCUT2D eigenvalue weighted by atomic mass is 10.0. The Morgan fingerprint density at radius 1 is 1.39 bits per heavy atom. The zero-order chi connectivity index (χ0) is 16.6. The molecule has 1 aromatic rings. The van der Waals surface area contributed by atoms with E-state index in [1.54, 1.807) is 6.07 Å². The molecular formula is C14H22N4O4S. The van der Waals surface area contributed by atoms with Crippen molar-refractivity contribution in [3.05, 3.63) is 17.5 Å². The second kappa shape index (κ2) is 6.21. The molecule has 1 aromatic heterocycles. The fraction of sp³-hybridized carbons (Fsp3) is 0.714. The summed E-state index contributed by atoms with van der Waals surface area (Å²) in [4.78, 5) is 12.2. The number of carbonyl (C=O) groups is 1. The van der Waals surface area contributed by atoms with Crippen LogP contribution in [0.15, 0.2) is 10.6 Å². The van der Waals surface area contributed by atoms with Crippen molar-refractivity contribution in [2.45, 2.75) is 50.6 Å². The van der Waals surface area contributed by atoms with Gasteiger partial charge in [-0.25, -0.2) is 4.72 Å². The summed E-state index contributed by atoms with van der Waals surface area (Å²) >= 11 is 0. The van der Waals surface area contributed by atoms with E-state index >= 15 is 0 Å². The first-order valence-electron chi connectivity index (χ1n) is 7.88. The average molecular weight is 342 g/mol. The highest BCUT2D eigenvalue weighted by molar-refractivity contribution is 7.87. The highest BCUT2D eigenvalue weighted by Gasteiger charge is 2.34. The van der Waals surface area contributed by atoms with Crippen LogP contribution in [0.2, 0.25) is 0 Å². The minimum Gasteiger partial charge on any atom is -0.360 e. The fourth-order valence-electron chi connectivity index (χ4n) is 2.97. The largest absolute Gasteiger partial charge is 0.360 e. The van der Waals surface area contributed by atoms with E-state index in [0.29, 0.717) is 31.0 Å². The molecule has 1 amide bonds. The van der Waals surface area contributed by atoms with E-state index < -0.39 is 10.2 Å². The minimum absolute atomic E-state index is 0.0677. The van der Waals surface area contributed by atoms with Crippen molar-refractivity contribution in [2.24, 2.45) is 0 Å².